The van der Waals surface area contributed by atoms with Gasteiger partial charge in [0.1, 0.15) is 5.00 Å². The largest absolute Gasteiger partial charge is 0.461 e. The van der Waals surface area contributed by atoms with Crippen LogP contribution in [0.4, 0.5) is 18.2 Å². The summed E-state index contributed by atoms with van der Waals surface area (Å²) < 4.78 is 46.0. The van der Waals surface area contributed by atoms with Crippen LogP contribution in [-0.4, -0.2) is 28.0 Å². The summed E-state index contributed by atoms with van der Waals surface area (Å²) in [6, 6.07) is 6.40. The van der Waals surface area contributed by atoms with Crippen LogP contribution in [0.2, 0.25) is 0 Å². The Kier molecular flexibility index (Phi) is 5.50. The van der Waals surface area contributed by atoms with Crippen molar-refractivity contribution in [3.63, 3.8) is 0 Å². The van der Waals surface area contributed by atoms with Crippen LogP contribution in [0.5, 0.6) is 0 Å². The zero-order chi connectivity index (χ0) is 20.3. The van der Waals surface area contributed by atoms with Gasteiger partial charge in [-0.2, -0.15) is 13.2 Å². The number of rotatable bonds is 5. The number of thiazole rings is 1. The smallest absolute Gasteiger partial charge is 0.416 e. The van der Waals surface area contributed by atoms with Gasteiger partial charge >= 0.3 is 12.1 Å². The van der Waals surface area contributed by atoms with Crippen LogP contribution < -0.4 is 5.32 Å². The van der Waals surface area contributed by atoms with Crippen molar-refractivity contribution < 1.29 is 27.5 Å². The number of aromatic nitrogens is 2. The number of hydrogen-bond acceptors (Lipinski definition) is 5. The molecule has 0 unspecified atom stereocenters. The van der Waals surface area contributed by atoms with Gasteiger partial charge < -0.3 is 14.6 Å². The molecule has 0 fully saturated rings. The van der Waals surface area contributed by atoms with Crippen molar-refractivity contribution in [2.24, 2.45) is 0 Å². The highest BCUT2D eigenvalue weighted by Crippen LogP contribution is 2.32. The number of benzene rings is 1. The number of nitrogens with zero attached hydrogens (tertiary/aromatic N) is 2. The van der Waals surface area contributed by atoms with E-state index in [1.54, 1.807) is 31.5 Å². The standard InChI is InChI=1S/C18H14F3N3O3S/c1-2-27-17(26)16-22-10-14(28-16)23-15(25)11-7-12(18(19,20)21)9-13(8-11)24-5-3-4-6-24/h3-10H,2H2,1H3,(H,23,25). The van der Waals surface area contributed by atoms with Gasteiger partial charge in [0, 0.05) is 23.6 Å². The molecule has 0 radical (unpaired) electrons. The van der Waals surface area contributed by atoms with Gasteiger partial charge in [-0.15, -0.1) is 0 Å². The van der Waals surface area contributed by atoms with Crippen LogP contribution >= 0.6 is 11.3 Å². The van der Waals surface area contributed by atoms with Gasteiger partial charge in [-0.05, 0) is 37.3 Å². The lowest BCUT2D eigenvalue weighted by molar-refractivity contribution is -0.137. The van der Waals surface area contributed by atoms with E-state index in [4.69, 9.17) is 4.74 Å². The summed E-state index contributed by atoms with van der Waals surface area (Å²) >= 11 is 0.871. The first-order valence-corrected chi connectivity index (χ1v) is 8.89. The van der Waals surface area contributed by atoms with Gasteiger partial charge in [0.2, 0.25) is 5.01 Å². The molecule has 0 saturated heterocycles. The average molecular weight is 409 g/mol. The maximum atomic E-state index is 13.2. The highest BCUT2D eigenvalue weighted by atomic mass is 32.1. The maximum absolute atomic E-state index is 13.2. The molecule has 1 aromatic carbocycles. The highest BCUT2D eigenvalue weighted by Gasteiger charge is 2.32. The van der Waals surface area contributed by atoms with Gasteiger partial charge in [-0.25, -0.2) is 9.78 Å². The van der Waals surface area contributed by atoms with E-state index in [-0.39, 0.29) is 27.9 Å². The summed E-state index contributed by atoms with van der Waals surface area (Å²) in [4.78, 5) is 28.0. The van der Waals surface area contributed by atoms with Crippen molar-refractivity contribution in [3.8, 4) is 5.69 Å². The molecule has 146 valence electrons. The normalized spacial score (nSPS) is 11.3. The molecule has 0 spiro atoms. The first-order valence-electron chi connectivity index (χ1n) is 8.08. The zero-order valence-corrected chi connectivity index (χ0v) is 15.3. The molecule has 0 aliphatic heterocycles. The number of amides is 1. The second kappa shape index (κ2) is 7.85. The molecule has 2 aromatic heterocycles. The van der Waals surface area contributed by atoms with E-state index in [0.717, 1.165) is 23.5 Å². The van der Waals surface area contributed by atoms with Crippen LogP contribution in [0, 0.1) is 0 Å². The lowest BCUT2D eigenvalue weighted by Crippen LogP contribution is -2.14. The summed E-state index contributed by atoms with van der Waals surface area (Å²) in [5.41, 5.74) is -0.925. The zero-order valence-electron chi connectivity index (χ0n) is 14.5. The van der Waals surface area contributed by atoms with Crippen molar-refractivity contribution in [2.45, 2.75) is 13.1 Å². The van der Waals surface area contributed by atoms with Crippen LogP contribution in [-0.2, 0) is 10.9 Å². The number of carbonyl (C=O) groups excluding carboxylic acids is 2. The Hall–Kier alpha value is -3.14. The fourth-order valence-corrected chi connectivity index (χ4v) is 3.07. The van der Waals surface area contributed by atoms with E-state index in [2.05, 4.69) is 10.3 Å². The number of hydrogen-bond donors (Lipinski definition) is 1. The number of anilines is 1. The fourth-order valence-electron chi connectivity index (χ4n) is 2.36. The quantitative estimate of drug-likeness (QED) is 0.635. The Morgan fingerprint density at radius 2 is 1.93 bits per heavy atom. The SMILES string of the molecule is CCOC(=O)c1ncc(NC(=O)c2cc(-n3cccc3)cc(C(F)(F)F)c2)s1. The second-order valence-electron chi connectivity index (χ2n) is 5.56. The van der Waals surface area contributed by atoms with E-state index < -0.39 is 23.6 Å². The number of ether oxygens (including phenoxy) is 1. The number of halogens is 3. The molecule has 3 aromatic rings. The summed E-state index contributed by atoms with van der Waals surface area (Å²) in [6.07, 6.45) is -0.215. The minimum atomic E-state index is -4.61. The molecule has 1 N–H and O–H groups in total. The number of nitrogens with one attached hydrogen (secondary N) is 1. The Bertz CT molecular complexity index is 997. The highest BCUT2D eigenvalue weighted by molar-refractivity contribution is 7.17. The third-order valence-corrected chi connectivity index (χ3v) is 4.50. The summed E-state index contributed by atoms with van der Waals surface area (Å²) in [6.45, 7) is 1.82. The lowest BCUT2D eigenvalue weighted by atomic mass is 10.1. The number of alkyl halides is 3. The summed E-state index contributed by atoms with van der Waals surface area (Å²) in [5.74, 6) is -1.39. The van der Waals surface area contributed by atoms with E-state index in [1.807, 2.05) is 0 Å². The van der Waals surface area contributed by atoms with Gasteiger partial charge in [0.15, 0.2) is 0 Å². The monoisotopic (exact) mass is 409 g/mol. The molecule has 2 heterocycles. The third kappa shape index (κ3) is 4.39. The maximum Gasteiger partial charge on any atom is 0.416 e. The molecule has 6 nitrogen and oxygen atoms in total. The minimum Gasteiger partial charge on any atom is -0.461 e. The molecule has 0 saturated carbocycles. The molecule has 0 aliphatic carbocycles. The van der Waals surface area contributed by atoms with Crippen LogP contribution in [0.3, 0.4) is 0 Å². The van der Waals surface area contributed by atoms with E-state index in [1.165, 1.54) is 16.8 Å². The minimum absolute atomic E-state index is 0.0363. The van der Waals surface area contributed by atoms with Gasteiger partial charge in [-0.1, -0.05) is 11.3 Å². The number of carbonyl (C=O) groups is 2. The Morgan fingerprint density at radius 3 is 2.57 bits per heavy atom. The predicted octanol–water partition coefficient (Wildman–Crippen LogP) is 4.38. The lowest BCUT2D eigenvalue weighted by Gasteiger charge is -2.12. The van der Waals surface area contributed by atoms with E-state index in [9.17, 15) is 22.8 Å². The van der Waals surface area contributed by atoms with Crippen molar-refractivity contribution >= 4 is 28.2 Å². The molecule has 28 heavy (non-hydrogen) atoms. The topological polar surface area (TPSA) is 73.2 Å². The fraction of sp³-hybridized carbons (Fsp3) is 0.167. The Balaban J connectivity index is 1.89. The van der Waals surface area contributed by atoms with E-state index in [0.29, 0.717) is 0 Å². The Labute approximate surface area is 161 Å². The molecule has 3 rings (SSSR count). The molecule has 0 atom stereocenters. The summed E-state index contributed by atoms with van der Waals surface area (Å²) in [7, 11) is 0. The first kappa shape index (κ1) is 19.6. The third-order valence-electron chi connectivity index (χ3n) is 3.60. The van der Waals surface area contributed by atoms with Crippen molar-refractivity contribution in [1.29, 1.82) is 0 Å². The molecular weight excluding hydrogens is 395 g/mol. The van der Waals surface area contributed by atoms with Crippen LogP contribution in [0.25, 0.3) is 5.69 Å². The predicted molar refractivity (Wildman–Crippen MR) is 96.8 cm³/mol. The van der Waals surface area contributed by atoms with Crippen molar-refractivity contribution in [1.82, 2.24) is 9.55 Å². The first-order chi connectivity index (χ1) is 13.3. The van der Waals surface area contributed by atoms with Crippen LogP contribution in [0.1, 0.15) is 32.6 Å². The van der Waals surface area contributed by atoms with Crippen molar-refractivity contribution in [2.75, 3.05) is 11.9 Å². The average Bonchev–Trinajstić information content (AvgIpc) is 3.33. The molecule has 0 bridgehead atoms. The summed E-state index contributed by atoms with van der Waals surface area (Å²) in [5, 5.41) is 2.71. The van der Waals surface area contributed by atoms with Gasteiger partial charge in [-0.3, -0.25) is 4.79 Å². The van der Waals surface area contributed by atoms with E-state index >= 15 is 0 Å². The van der Waals surface area contributed by atoms with Crippen molar-refractivity contribution in [3.05, 3.63) is 65.1 Å². The second-order valence-corrected chi connectivity index (χ2v) is 6.59. The van der Waals surface area contributed by atoms with Gasteiger partial charge in [0.05, 0.1) is 18.4 Å². The molecule has 10 heteroatoms. The number of esters is 1. The molecule has 1 amide bonds. The van der Waals surface area contributed by atoms with Gasteiger partial charge in [0.25, 0.3) is 5.91 Å². The van der Waals surface area contributed by atoms with Crippen LogP contribution in [0.15, 0.2) is 48.9 Å². The Morgan fingerprint density at radius 1 is 1.21 bits per heavy atom. The molecular formula is C18H14F3N3O3S. The molecule has 0 aliphatic rings.